The van der Waals surface area contributed by atoms with Crippen LogP contribution in [-0.4, -0.2) is 24.3 Å². The summed E-state index contributed by atoms with van der Waals surface area (Å²) < 4.78 is 40.9. The zero-order valence-corrected chi connectivity index (χ0v) is 10.3. The van der Waals surface area contributed by atoms with Gasteiger partial charge in [-0.2, -0.15) is 13.2 Å². The van der Waals surface area contributed by atoms with Crippen LogP contribution in [0.2, 0.25) is 0 Å². The van der Waals surface area contributed by atoms with Gasteiger partial charge in [0.1, 0.15) is 5.75 Å². The van der Waals surface area contributed by atoms with Crippen LogP contribution in [0.15, 0.2) is 18.5 Å². The van der Waals surface area contributed by atoms with E-state index in [-0.39, 0.29) is 13.0 Å². The van der Waals surface area contributed by atoms with Gasteiger partial charge in [0.05, 0.1) is 24.7 Å². The largest absolute Gasteiger partial charge is 0.492 e. The van der Waals surface area contributed by atoms with E-state index in [2.05, 4.69) is 10.3 Å². The van der Waals surface area contributed by atoms with Gasteiger partial charge in [0, 0.05) is 19.0 Å². The summed E-state index contributed by atoms with van der Waals surface area (Å²) in [4.78, 5) is 3.96. The van der Waals surface area contributed by atoms with Gasteiger partial charge in [-0.25, -0.2) is 0 Å². The van der Waals surface area contributed by atoms with Crippen LogP contribution < -0.4 is 10.1 Å². The number of pyridine rings is 1. The maximum absolute atomic E-state index is 11.9. The third-order valence-electron chi connectivity index (χ3n) is 2.17. The monoisotopic (exact) mass is 262 g/mol. The Labute approximate surface area is 104 Å². The van der Waals surface area contributed by atoms with Gasteiger partial charge in [-0.3, -0.25) is 4.98 Å². The van der Waals surface area contributed by atoms with Crippen LogP contribution in [-0.2, 0) is 0 Å². The van der Waals surface area contributed by atoms with Crippen molar-refractivity contribution in [2.75, 3.05) is 18.5 Å². The van der Waals surface area contributed by atoms with E-state index in [1.165, 1.54) is 6.20 Å². The van der Waals surface area contributed by atoms with E-state index in [1.807, 2.05) is 6.92 Å². The third kappa shape index (κ3) is 6.32. The van der Waals surface area contributed by atoms with Gasteiger partial charge in [0.25, 0.3) is 0 Å². The zero-order valence-electron chi connectivity index (χ0n) is 10.3. The lowest BCUT2D eigenvalue weighted by Gasteiger charge is -2.09. The molecule has 102 valence electrons. The van der Waals surface area contributed by atoms with Gasteiger partial charge in [-0.1, -0.05) is 6.92 Å². The molecule has 18 heavy (non-hydrogen) atoms. The number of nitrogens with one attached hydrogen (secondary N) is 1. The standard InChI is InChI=1S/C12H17F3N2O/c1-2-5-17-10-7-11(9-16-8-10)18-6-3-4-12(13,14)15/h7-9,17H,2-6H2,1H3. The van der Waals surface area contributed by atoms with Crippen LogP contribution in [0.5, 0.6) is 5.75 Å². The Balaban J connectivity index is 2.33. The Morgan fingerprint density at radius 1 is 1.33 bits per heavy atom. The molecule has 0 aromatic carbocycles. The molecule has 6 heteroatoms. The number of alkyl halides is 3. The van der Waals surface area contributed by atoms with E-state index in [0.29, 0.717) is 5.75 Å². The first-order valence-corrected chi connectivity index (χ1v) is 5.90. The highest BCUT2D eigenvalue weighted by Gasteiger charge is 2.26. The molecule has 0 spiro atoms. The number of anilines is 1. The highest BCUT2D eigenvalue weighted by Crippen LogP contribution is 2.22. The lowest BCUT2D eigenvalue weighted by atomic mass is 10.3. The molecule has 1 aromatic rings. The first kappa shape index (κ1) is 14.6. The van der Waals surface area contributed by atoms with Crippen molar-refractivity contribution in [2.24, 2.45) is 0 Å². The van der Waals surface area contributed by atoms with Crippen molar-refractivity contribution in [3.8, 4) is 5.75 Å². The van der Waals surface area contributed by atoms with Crippen LogP contribution in [0.1, 0.15) is 26.2 Å². The molecule has 0 amide bonds. The molecule has 1 heterocycles. The summed E-state index contributed by atoms with van der Waals surface area (Å²) in [7, 11) is 0. The smallest absolute Gasteiger partial charge is 0.389 e. The fraction of sp³-hybridized carbons (Fsp3) is 0.583. The first-order valence-electron chi connectivity index (χ1n) is 5.90. The van der Waals surface area contributed by atoms with Gasteiger partial charge in [-0.15, -0.1) is 0 Å². The van der Waals surface area contributed by atoms with Crippen molar-refractivity contribution in [2.45, 2.75) is 32.4 Å². The van der Waals surface area contributed by atoms with Crippen LogP contribution >= 0.6 is 0 Å². The Kier molecular flexibility index (Phi) is 5.74. The predicted molar refractivity (Wildman–Crippen MR) is 63.8 cm³/mol. The van der Waals surface area contributed by atoms with E-state index in [9.17, 15) is 13.2 Å². The van der Waals surface area contributed by atoms with Gasteiger partial charge in [0.15, 0.2) is 0 Å². The van der Waals surface area contributed by atoms with E-state index in [0.717, 1.165) is 18.7 Å². The van der Waals surface area contributed by atoms with Crippen LogP contribution in [0.3, 0.4) is 0 Å². The highest BCUT2D eigenvalue weighted by atomic mass is 19.4. The second-order valence-corrected chi connectivity index (χ2v) is 3.90. The molecule has 0 saturated heterocycles. The van der Waals surface area contributed by atoms with E-state index in [4.69, 9.17) is 4.74 Å². The molecule has 0 radical (unpaired) electrons. The fourth-order valence-electron chi connectivity index (χ4n) is 1.33. The highest BCUT2D eigenvalue weighted by molar-refractivity contribution is 5.44. The summed E-state index contributed by atoms with van der Waals surface area (Å²) in [5, 5.41) is 3.13. The van der Waals surface area contributed by atoms with E-state index in [1.54, 1.807) is 12.3 Å². The van der Waals surface area contributed by atoms with Gasteiger partial charge in [-0.05, 0) is 12.8 Å². The van der Waals surface area contributed by atoms with E-state index >= 15 is 0 Å². The molecule has 0 unspecified atom stereocenters. The number of hydrogen-bond acceptors (Lipinski definition) is 3. The summed E-state index contributed by atoms with van der Waals surface area (Å²) in [6, 6.07) is 1.73. The quantitative estimate of drug-likeness (QED) is 0.762. The molecular formula is C12H17F3N2O. The molecule has 0 bridgehead atoms. The average Bonchev–Trinajstić information content (AvgIpc) is 2.31. The molecule has 0 fully saturated rings. The summed E-state index contributed by atoms with van der Waals surface area (Å²) in [6.45, 7) is 2.90. The first-order chi connectivity index (χ1) is 8.51. The molecule has 1 aromatic heterocycles. The molecular weight excluding hydrogens is 245 g/mol. The lowest BCUT2D eigenvalue weighted by Crippen LogP contribution is -2.10. The van der Waals surface area contributed by atoms with Crippen LogP contribution in [0, 0.1) is 0 Å². The maximum Gasteiger partial charge on any atom is 0.389 e. The molecule has 3 nitrogen and oxygen atoms in total. The minimum atomic E-state index is -4.12. The number of halogens is 3. The molecule has 0 aliphatic carbocycles. The summed E-state index contributed by atoms with van der Waals surface area (Å²) in [6.07, 6.45) is -0.865. The Hall–Kier alpha value is -1.46. The topological polar surface area (TPSA) is 34.2 Å². The molecule has 0 saturated carbocycles. The van der Waals surface area contributed by atoms with Crippen molar-refractivity contribution in [1.82, 2.24) is 4.98 Å². The minimum Gasteiger partial charge on any atom is -0.492 e. The van der Waals surface area contributed by atoms with Crippen molar-refractivity contribution in [1.29, 1.82) is 0 Å². The molecule has 0 aliphatic heterocycles. The van der Waals surface area contributed by atoms with Crippen molar-refractivity contribution in [3.63, 3.8) is 0 Å². The van der Waals surface area contributed by atoms with Gasteiger partial charge >= 0.3 is 6.18 Å². The predicted octanol–water partition coefficient (Wildman–Crippen LogP) is 3.62. The zero-order chi connectivity index (χ0) is 13.4. The van der Waals surface area contributed by atoms with Crippen molar-refractivity contribution >= 4 is 5.69 Å². The number of hydrogen-bond donors (Lipinski definition) is 1. The summed E-state index contributed by atoms with van der Waals surface area (Å²) in [5.41, 5.74) is 0.810. The van der Waals surface area contributed by atoms with Crippen molar-refractivity contribution < 1.29 is 17.9 Å². The summed E-state index contributed by atoms with van der Waals surface area (Å²) >= 11 is 0. The number of aromatic nitrogens is 1. The maximum atomic E-state index is 11.9. The number of ether oxygens (including phenoxy) is 1. The minimum absolute atomic E-state index is 0.0401. The Bertz CT molecular complexity index is 355. The van der Waals surface area contributed by atoms with E-state index < -0.39 is 12.6 Å². The molecule has 0 atom stereocenters. The van der Waals surface area contributed by atoms with Gasteiger partial charge in [0.2, 0.25) is 0 Å². The lowest BCUT2D eigenvalue weighted by molar-refractivity contribution is -0.136. The Morgan fingerprint density at radius 2 is 2.11 bits per heavy atom. The van der Waals surface area contributed by atoms with Crippen molar-refractivity contribution in [3.05, 3.63) is 18.5 Å². The number of nitrogens with zero attached hydrogens (tertiary/aromatic N) is 1. The Morgan fingerprint density at radius 3 is 2.78 bits per heavy atom. The van der Waals surface area contributed by atoms with Gasteiger partial charge < -0.3 is 10.1 Å². The SMILES string of the molecule is CCCNc1cncc(OCCCC(F)(F)F)c1. The second kappa shape index (κ2) is 7.08. The summed E-state index contributed by atoms with van der Waals surface area (Å²) in [5.74, 6) is 0.485. The molecule has 1 rings (SSSR count). The fourth-order valence-corrected chi connectivity index (χ4v) is 1.33. The number of rotatable bonds is 7. The normalized spacial score (nSPS) is 11.3. The second-order valence-electron chi connectivity index (χ2n) is 3.90. The average molecular weight is 262 g/mol. The van der Waals surface area contributed by atoms with Crippen LogP contribution in [0.4, 0.5) is 18.9 Å². The van der Waals surface area contributed by atoms with Crippen LogP contribution in [0.25, 0.3) is 0 Å². The third-order valence-corrected chi connectivity index (χ3v) is 2.17. The molecule has 0 aliphatic rings. The molecule has 1 N–H and O–H groups in total.